The van der Waals surface area contributed by atoms with E-state index in [-0.39, 0.29) is 12.0 Å². The second kappa shape index (κ2) is 9.65. The van der Waals surface area contributed by atoms with Gasteiger partial charge in [0.15, 0.2) is 5.60 Å². The van der Waals surface area contributed by atoms with Crippen LogP contribution in [0.2, 0.25) is 10.0 Å². The minimum Gasteiger partial charge on any atom is -0.376 e. The number of carbonyl (C=O) groups excluding carboxylic acids is 1. The summed E-state index contributed by atoms with van der Waals surface area (Å²) in [7, 11) is 0. The highest BCUT2D eigenvalue weighted by Gasteiger charge is 2.34. The molecule has 0 heterocycles. The Labute approximate surface area is 187 Å². The van der Waals surface area contributed by atoms with Crippen LogP contribution in [0.15, 0.2) is 78.9 Å². The molecule has 0 aliphatic rings. The van der Waals surface area contributed by atoms with Crippen LogP contribution in [0, 0.1) is 0 Å². The number of hydrogen-bond acceptors (Lipinski definition) is 2. The van der Waals surface area contributed by atoms with Crippen molar-refractivity contribution in [1.82, 2.24) is 5.32 Å². The molecular formula is C25H25Cl2NO2. The minimum atomic E-state index is -1.62. The van der Waals surface area contributed by atoms with Gasteiger partial charge in [-0.25, -0.2) is 0 Å². The minimum absolute atomic E-state index is 0.0148. The average Bonchev–Trinajstić information content (AvgIpc) is 2.74. The van der Waals surface area contributed by atoms with Crippen molar-refractivity contribution in [2.24, 2.45) is 0 Å². The number of rotatable bonds is 7. The smallest absolute Gasteiger partial charge is 0.256 e. The number of aliphatic hydroxyl groups is 1. The van der Waals surface area contributed by atoms with Crippen LogP contribution < -0.4 is 5.32 Å². The Balaban J connectivity index is 1.84. The lowest BCUT2D eigenvalue weighted by Crippen LogP contribution is -2.47. The van der Waals surface area contributed by atoms with Crippen LogP contribution >= 0.6 is 23.2 Å². The summed E-state index contributed by atoms with van der Waals surface area (Å²) in [5.74, 6) is -0.449. The predicted molar refractivity (Wildman–Crippen MR) is 123 cm³/mol. The fraction of sp³-hybridized carbons (Fsp3) is 0.240. The molecular weight excluding hydrogens is 417 g/mol. The molecule has 0 saturated heterocycles. The number of amides is 1. The second-order valence-corrected chi connectivity index (χ2v) is 8.56. The van der Waals surface area contributed by atoms with Crippen molar-refractivity contribution in [3.05, 3.63) is 106 Å². The van der Waals surface area contributed by atoms with Gasteiger partial charge in [-0.15, -0.1) is 0 Å². The van der Waals surface area contributed by atoms with Gasteiger partial charge in [0.05, 0.1) is 0 Å². The largest absolute Gasteiger partial charge is 0.376 e. The van der Waals surface area contributed by atoms with Crippen LogP contribution in [0.4, 0.5) is 0 Å². The Bertz CT molecular complexity index is 970. The molecule has 0 fully saturated rings. The molecule has 1 amide bonds. The van der Waals surface area contributed by atoms with Gasteiger partial charge in [0.25, 0.3) is 5.91 Å². The molecule has 0 radical (unpaired) electrons. The van der Waals surface area contributed by atoms with E-state index in [0.717, 1.165) is 11.1 Å². The number of benzene rings is 3. The standard InChI is InChI=1S/C25H25Cl2NO2/c1-17(28-24(29)25(2,30)20-6-4-3-5-7-20)23(19-10-14-22(27)15-11-19)16-18-8-12-21(26)13-9-18/h3-15,17,23,30H,16H2,1-2H3,(H,28,29). The van der Waals surface area contributed by atoms with Crippen molar-refractivity contribution < 1.29 is 9.90 Å². The Hall–Kier alpha value is -2.33. The maximum absolute atomic E-state index is 13.0. The first-order valence-corrected chi connectivity index (χ1v) is 10.6. The van der Waals surface area contributed by atoms with E-state index in [2.05, 4.69) is 5.32 Å². The van der Waals surface area contributed by atoms with Crippen LogP contribution in [0.5, 0.6) is 0 Å². The highest BCUT2D eigenvalue weighted by Crippen LogP contribution is 2.28. The Morgan fingerprint density at radius 1 is 0.933 bits per heavy atom. The summed E-state index contributed by atoms with van der Waals surface area (Å²) in [6.07, 6.45) is 0.702. The lowest BCUT2D eigenvalue weighted by Gasteiger charge is -2.30. The van der Waals surface area contributed by atoms with E-state index < -0.39 is 11.5 Å². The molecule has 3 unspecified atom stereocenters. The van der Waals surface area contributed by atoms with Crippen molar-refractivity contribution in [2.45, 2.75) is 37.8 Å². The van der Waals surface area contributed by atoms with E-state index in [1.54, 1.807) is 24.3 Å². The van der Waals surface area contributed by atoms with Gasteiger partial charge in [-0.05, 0) is 61.2 Å². The maximum atomic E-state index is 13.0. The summed E-state index contributed by atoms with van der Waals surface area (Å²) in [6.45, 7) is 3.47. The third-order valence-corrected chi connectivity index (χ3v) is 5.91. The molecule has 5 heteroatoms. The third kappa shape index (κ3) is 5.42. The zero-order valence-electron chi connectivity index (χ0n) is 17.0. The van der Waals surface area contributed by atoms with Crippen molar-refractivity contribution in [1.29, 1.82) is 0 Å². The van der Waals surface area contributed by atoms with Gasteiger partial charge in [0, 0.05) is 22.0 Å². The quantitative estimate of drug-likeness (QED) is 0.491. The Morgan fingerprint density at radius 3 is 2.03 bits per heavy atom. The van der Waals surface area contributed by atoms with Gasteiger partial charge < -0.3 is 10.4 Å². The monoisotopic (exact) mass is 441 g/mol. The third-order valence-electron chi connectivity index (χ3n) is 5.41. The first-order valence-electron chi connectivity index (χ1n) is 9.86. The zero-order chi connectivity index (χ0) is 21.7. The molecule has 0 saturated carbocycles. The zero-order valence-corrected chi connectivity index (χ0v) is 18.5. The van der Waals surface area contributed by atoms with Crippen LogP contribution in [-0.4, -0.2) is 17.1 Å². The van der Waals surface area contributed by atoms with E-state index in [1.807, 2.05) is 61.5 Å². The van der Waals surface area contributed by atoms with Crippen LogP contribution in [0.1, 0.15) is 36.5 Å². The first-order chi connectivity index (χ1) is 14.3. The molecule has 3 aromatic carbocycles. The van der Waals surface area contributed by atoms with Crippen molar-refractivity contribution in [3.63, 3.8) is 0 Å². The molecule has 156 valence electrons. The summed E-state index contributed by atoms with van der Waals surface area (Å²) in [5, 5.41) is 15.2. The Kier molecular flexibility index (Phi) is 7.19. The lowest BCUT2D eigenvalue weighted by atomic mass is 9.85. The molecule has 3 atom stereocenters. The normalized spacial score (nSPS) is 15.1. The van der Waals surface area contributed by atoms with Gasteiger partial charge in [-0.1, -0.05) is 77.8 Å². The van der Waals surface area contributed by atoms with E-state index in [9.17, 15) is 9.90 Å². The predicted octanol–water partition coefficient (Wildman–Crippen LogP) is 5.73. The summed E-state index contributed by atoms with van der Waals surface area (Å²) < 4.78 is 0. The van der Waals surface area contributed by atoms with Gasteiger partial charge in [0.1, 0.15) is 0 Å². The number of carbonyl (C=O) groups is 1. The molecule has 3 nitrogen and oxygen atoms in total. The molecule has 0 bridgehead atoms. The van der Waals surface area contributed by atoms with Gasteiger partial charge in [-0.2, -0.15) is 0 Å². The first kappa shape index (κ1) is 22.4. The van der Waals surface area contributed by atoms with E-state index in [1.165, 1.54) is 6.92 Å². The maximum Gasteiger partial charge on any atom is 0.256 e. The molecule has 3 aromatic rings. The molecule has 30 heavy (non-hydrogen) atoms. The molecule has 0 aromatic heterocycles. The van der Waals surface area contributed by atoms with E-state index in [4.69, 9.17) is 23.2 Å². The molecule has 3 rings (SSSR count). The summed E-state index contributed by atoms with van der Waals surface area (Å²) in [6, 6.07) is 24.0. The van der Waals surface area contributed by atoms with E-state index >= 15 is 0 Å². The van der Waals surface area contributed by atoms with Gasteiger partial charge in [-0.3, -0.25) is 4.79 Å². The number of hydrogen-bond donors (Lipinski definition) is 2. The summed E-state index contributed by atoms with van der Waals surface area (Å²) in [4.78, 5) is 13.0. The SMILES string of the molecule is CC(NC(=O)C(C)(O)c1ccccc1)C(Cc1ccc(Cl)cc1)c1ccc(Cl)cc1. The lowest BCUT2D eigenvalue weighted by molar-refractivity contribution is -0.139. The average molecular weight is 442 g/mol. The van der Waals surface area contributed by atoms with Crippen LogP contribution in [-0.2, 0) is 16.8 Å². The van der Waals surface area contributed by atoms with Crippen molar-refractivity contribution >= 4 is 29.1 Å². The van der Waals surface area contributed by atoms with E-state index in [0.29, 0.717) is 22.0 Å². The molecule has 2 N–H and O–H groups in total. The highest BCUT2D eigenvalue weighted by molar-refractivity contribution is 6.30. The summed E-state index contributed by atoms with van der Waals surface area (Å²) in [5.41, 5.74) is 1.09. The van der Waals surface area contributed by atoms with Crippen LogP contribution in [0.3, 0.4) is 0 Å². The molecule has 0 aliphatic carbocycles. The van der Waals surface area contributed by atoms with Gasteiger partial charge >= 0.3 is 0 Å². The topological polar surface area (TPSA) is 49.3 Å². The molecule has 0 aliphatic heterocycles. The fourth-order valence-corrected chi connectivity index (χ4v) is 3.76. The highest BCUT2D eigenvalue weighted by atomic mass is 35.5. The Morgan fingerprint density at radius 2 is 1.47 bits per heavy atom. The number of nitrogens with one attached hydrogen (secondary N) is 1. The second-order valence-electron chi connectivity index (χ2n) is 7.69. The van der Waals surface area contributed by atoms with Gasteiger partial charge in [0.2, 0.25) is 0 Å². The van der Waals surface area contributed by atoms with Crippen molar-refractivity contribution in [3.8, 4) is 0 Å². The molecule has 0 spiro atoms. The van der Waals surface area contributed by atoms with Crippen LogP contribution in [0.25, 0.3) is 0 Å². The number of halogens is 2. The van der Waals surface area contributed by atoms with Crippen molar-refractivity contribution in [2.75, 3.05) is 0 Å². The summed E-state index contributed by atoms with van der Waals surface area (Å²) >= 11 is 12.1. The fourth-order valence-electron chi connectivity index (χ4n) is 3.51.